The second-order valence-corrected chi connectivity index (χ2v) is 5.03. The highest BCUT2D eigenvalue weighted by Gasteiger charge is 2.16. The van der Waals surface area contributed by atoms with Gasteiger partial charge in [-0.3, -0.25) is 4.98 Å². The summed E-state index contributed by atoms with van der Waals surface area (Å²) in [4.78, 5) is 4.18. The van der Waals surface area contributed by atoms with Crippen molar-refractivity contribution >= 4 is 0 Å². The quantitative estimate of drug-likeness (QED) is 0.799. The van der Waals surface area contributed by atoms with Crippen molar-refractivity contribution in [3.8, 4) is 16.9 Å². The molecule has 0 unspecified atom stereocenters. The van der Waals surface area contributed by atoms with Gasteiger partial charge in [0.15, 0.2) is 0 Å². The molecule has 0 atom stereocenters. The molecule has 3 aromatic rings. The normalized spacial score (nSPS) is 10.8. The second kappa shape index (κ2) is 5.46. The average molecular weight is 279 g/mol. The van der Waals surface area contributed by atoms with Crippen LogP contribution in [0.15, 0.2) is 42.7 Å². The van der Waals surface area contributed by atoms with E-state index in [0.717, 1.165) is 28.2 Å². The summed E-state index contributed by atoms with van der Waals surface area (Å²) in [6.45, 7) is 4.47. The van der Waals surface area contributed by atoms with Crippen molar-refractivity contribution in [1.29, 1.82) is 0 Å². The number of nitrogens with two attached hydrogens (primary N) is 1. The first-order valence-electron chi connectivity index (χ1n) is 6.83. The summed E-state index contributed by atoms with van der Waals surface area (Å²) in [7, 11) is 0. The van der Waals surface area contributed by atoms with E-state index in [0.29, 0.717) is 6.54 Å². The number of rotatable bonds is 3. The lowest BCUT2D eigenvalue weighted by Crippen LogP contribution is -2.04. The summed E-state index contributed by atoms with van der Waals surface area (Å²) in [6, 6.07) is 10.2. The lowest BCUT2D eigenvalue weighted by Gasteiger charge is -2.11. The molecule has 0 radical (unpaired) electrons. The molecule has 2 N–H and O–H groups in total. The van der Waals surface area contributed by atoms with Crippen LogP contribution in [-0.4, -0.2) is 20.0 Å². The second-order valence-electron chi connectivity index (χ2n) is 5.03. The smallest absolute Gasteiger partial charge is 0.105 e. The molecular formula is C16H17N5. The topological polar surface area (TPSA) is 69.6 Å². The molecule has 0 saturated carbocycles. The highest BCUT2D eigenvalue weighted by molar-refractivity contribution is 5.64. The zero-order valence-corrected chi connectivity index (χ0v) is 12.1. The fourth-order valence-corrected chi connectivity index (χ4v) is 2.36. The van der Waals surface area contributed by atoms with Gasteiger partial charge in [-0.15, -0.1) is 5.10 Å². The van der Waals surface area contributed by atoms with Gasteiger partial charge in [-0.25, -0.2) is 4.68 Å². The molecule has 21 heavy (non-hydrogen) atoms. The molecule has 0 aliphatic heterocycles. The van der Waals surface area contributed by atoms with Crippen LogP contribution in [0.2, 0.25) is 0 Å². The first kappa shape index (κ1) is 13.5. The van der Waals surface area contributed by atoms with Crippen LogP contribution in [0.4, 0.5) is 0 Å². The summed E-state index contributed by atoms with van der Waals surface area (Å²) in [5.74, 6) is 0. The number of aromatic nitrogens is 4. The van der Waals surface area contributed by atoms with E-state index in [2.05, 4.69) is 47.3 Å². The summed E-state index contributed by atoms with van der Waals surface area (Å²) in [6.07, 6.45) is 3.55. The Morgan fingerprint density at radius 1 is 1.19 bits per heavy atom. The number of hydrogen-bond acceptors (Lipinski definition) is 4. The monoisotopic (exact) mass is 279 g/mol. The van der Waals surface area contributed by atoms with Crippen LogP contribution in [-0.2, 0) is 6.54 Å². The van der Waals surface area contributed by atoms with E-state index in [1.807, 2.05) is 16.8 Å². The molecule has 2 heterocycles. The van der Waals surface area contributed by atoms with Gasteiger partial charge in [-0.1, -0.05) is 17.3 Å². The molecule has 0 aliphatic carbocycles. The lowest BCUT2D eigenvalue weighted by atomic mass is 10.1. The van der Waals surface area contributed by atoms with Gasteiger partial charge in [-0.05, 0) is 43.2 Å². The Morgan fingerprint density at radius 3 is 2.76 bits per heavy atom. The first-order chi connectivity index (χ1) is 10.2. The Kier molecular flexibility index (Phi) is 3.50. The van der Waals surface area contributed by atoms with Crippen LogP contribution in [0.1, 0.15) is 16.8 Å². The predicted octanol–water partition coefficient (Wildman–Crippen LogP) is 2.40. The van der Waals surface area contributed by atoms with E-state index in [4.69, 9.17) is 5.73 Å². The minimum Gasteiger partial charge on any atom is -0.325 e. The summed E-state index contributed by atoms with van der Waals surface area (Å²) in [5, 5.41) is 8.51. The maximum absolute atomic E-state index is 5.81. The van der Waals surface area contributed by atoms with Crippen molar-refractivity contribution in [3.63, 3.8) is 0 Å². The number of hydrogen-bond donors (Lipinski definition) is 1. The molecule has 5 heteroatoms. The molecule has 106 valence electrons. The molecule has 2 aromatic heterocycles. The Morgan fingerprint density at radius 2 is 2.05 bits per heavy atom. The SMILES string of the molecule is Cc1ccc(C)c(-n2nnc(CN)c2-c2cccnc2)c1. The van der Waals surface area contributed by atoms with E-state index in [1.165, 1.54) is 5.56 Å². The Bertz CT molecular complexity index is 762. The molecular weight excluding hydrogens is 262 g/mol. The minimum atomic E-state index is 0.342. The van der Waals surface area contributed by atoms with E-state index < -0.39 is 0 Å². The van der Waals surface area contributed by atoms with Crippen molar-refractivity contribution in [1.82, 2.24) is 20.0 Å². The van der Waals surface area contributed by atoms with Gasteiger partial charge in [0.05, 0.1) is 5.69 Å². The van der Waals surface area contributed by atoms with Crippen LogP contribution >= 0.6 is 0 Å². The summed E-state index contributed by atoms with van der Waals surface area (Å²) < 4.78 is 1.85. The Labute approximate surface area is 123 Å². The van der Waals surface area contributed by atoms with E-state index >= 15 is 0 Å². The third kappa shape index (κ3) is 2.43. The van der Waals surface area contributed by atoms with Crippen molar-refractivity contribution in [3.05, 3.63) is 59.5 Å². The molecule has 0 spiro atoms. The van der Waals surface area contributed by atoms with Crippen LogP contribution in [0.25, 0.3) is 16.9 Å². The van der Waals surface area contributed by atoms with Gasteiger partial charge in [0, 0.05) is 24.5 Å². The maximum atomic E-state index is 5.81. The fraction of sp³-hybridized carbons (Fsp3) is 0.188. The predicted molar refractivity (Wildman–Crippen MR) is 82.0 cm³/mol. The van der Waals surface area contributed by atoms with Crippen LogP contribution in [0.3, 0.4) is 0 Å². The lowest BCUT2D eigenvalue weighted by molar-refractivity contribution is 0.795. The van der Waals surface area contributed by atoms with Crippen molar-refractivity contribution in [2.75, 3.05) is 0 Å². The number of aryl methyl sites for hydroxylation is 2. The highest BCUT2D eigenvalue weighted by atomic mass is 15.4. The first-order valence-corrected chi connectivity index (χ1v) is 6.83. The standard InChI is InChI=1S/C16H17N5/c1-11-5-6-12(2)15(8-11)21-16(14(9-17)19-20-21)13-4-3-7-18-10-13/h3-8,10H,9,17H2,1-2H3. The van der Waals surface area contributed by atoms with Crippen LogP contribution < -0.4 is 5.73 Å². The number of nitrogens with zero attached hydrogens (tertiary/aromatic N) is 4. The number of benzene rings is 1. The zero-order chi connectivity index (χ0) is 14.8. The fourth-order valence-electron chi connectivity index (χ4n) is 2.36. The maximum Gasteiger partial charge on any atom is 0.105 e. The minimum absolute atomic E-state index is 0.342. The third-order valence-electron chi connectivity index (χ3n) is 3.46. The van der Waals surface area contributed by atoms with Crippen LogP contribution in [0, 0.1) is 13.8 Å². The van der Waals surface area contributed by atoms with Crippen molar-refractivity contribution in [2.45, 2.75) is 20.4 Å². The van der Waals surface area contributed by atoms with Gasteiger partial charge in [0.1, 0.15) is 11.4 Å². The largest absolute Gasteiger partial charge is 0.325 e. The molecule has 0 bridgehead atoms. The summed E-state index contributed by atoms with van der Waals surface area (Å²) in [5.41, 5.74) is 11.8. The Hall–Kier alpha value is -2.53. The van der Waals surface area contributed by atoms with E-state index in [9.17, 15) is 0 Å². The van der Waals surface area contributed by atoms with Gasteiger partial charge < -0.3 is 5.73 Å². The average Bonchev–Trinajstić information content (AvgIpc) is 2.94. The van der Waals surface area contributed by atoms with Gasteiger partial charge in [0.25, 0.3) is 0 Å². The van der Waals surface area contributed by atoms with E-state index in [-0.39, 0.29) is 0 Å². The summed E-state index contributed by atoms with van der Waals surface area (Å²) >= 11 is 0. The van der Waals surface area contributed by atoms with Gasteiger partial charge in [-0.2, -0.15) is 0 Å². The van der Waals surface area contributed by atoms with Crippen molar-refractivity contribution < 1.29 is 0 Å². The van der Waals surface area contributed by atoms with Crippen molar-refractivity contribution in [2.24, 2.45) is 5.73 Å². The molecule has 3 rings (SSSR count). The molecule has 5 nitrogen and oxygen atoms in total. The highest BCUT2D eigenvalue weighted by Crippen LogP contribution is 2.26. The van der Waals surface area contributed by atoms with Gasteiger partial charge in [0.2, 0.25) is 0 Å². The van der Waals surface area contributed by atoms with Crippen LogP contribution in [0.5, 0.6) is 0 Å². The molecule has 0 saturated heterocycles. The Balaban J connectivity index is 2.25. The molecule has 0 fully saturated rings. The molecule has 0 aliphatic rings. The van der Waals surface area contributed by atoms with E-state index in [1.54, 1.807) is 12.4 Å². The van der Waals surface area contributed by atoms with Gasteiger partial charge >= 0.3 is 0 Å². The molecule has 1 aromatic carbocycles. The third-order valence-corrected chi connectivity index (χ3v) is 3.46. The zero-order valence-electron chi connectivity index (χ0n) is 12.1. The molecule has 0 amide bonds. The number of pyridine rings is 1.